The van der Waals surface area contributed by atoms with Crippen molar-refractivity contribution in [3.8, 4) is 0 Å². The topological polar surface area (TPSA) is 58.4 Å². The summed E-state index contributed by atoms with van der Waals surface area (Å²) in [6.07, 6.45) is 1.09. The number of hydrogen-bond acceptors (Lipinski definition) is 3. The number of carbonyl (C=O) groups is 1. The Bertz CT molecular complexity index is 182. The molecule has 0 heterocycles. The molecule has 0 aromatic rings. The van der Waals surface area contributed by atoms with Gasteiger partial charge in [-0.3, -0.25) is 4.79 Å². The van der Waals surface area contributed by atoms with E-state index in [4.69, 9.17) is 5.73 Å². The van der Waals surface area contributed by atoms with Gasteiger partial charge in [0.15, 0.2) is 0 Å². The third-order valence-electron chi connectivity index (χ3n) is 1.44. The van der Waals surface area contributed by atoms with Gasteiger partial charge in [-0.2, -0.15) is 0 Å². The monoisotopic (exact) mass is 203 g/mol. The lowest BCUT2D eigenvalue weighted by Gasteiger charge is -2.09. The third kappa shape index (κ3) is 9.23. The van der Waals surface area contributed by atoms with E-state index in [2.05, 4.69) is 22.4 Å². The molecule has 5 heteroatoms. The van der Waals surface area contributed by atoms with E-state index in [0.29, 0.717) is 6.54 Å². The first-order valence-electron chi connectivity index (χ1n) is 4.22. The van der Waals surface area contributed by atoms with E-state index in [1.807, 2.05) is 14.1 Å². The summed E-state index contributed by atoms with van der Waals surface area (Å²) in [7, 11) is 3.99. The molecule has 0 spiro atoms. The maximum absolute atomic E-state index is 11.0. The van der Waals surface area contributed by atoms with E-state index < -0.39 is 0 Å². The molecule has 4 nitrogen and oxygen atoms in total. The lowest BCUT2D eigenvalue weighted by molar-refractivity contribution is -0.119. The van der Waals surface area contributed by atoms with Crippen LogP contribution in [-0.2, 0) is 4.79 Å². The predicted octanol–water partition coefficient (Wildman–Crippen LogP) is -0.269. The van der Waals surface area contributed by atoms with Gasteiger partial charge in [-0.1, -0.05) is 12.2 Å². The molecule has 0 atom stereocenters. The first-order valence-corrected chi connectivity index (χ1v) is 4.63. The molecular formula is C8H17N3OS. The molecule has 0 unspecified atom stereocenters. The van der Waals surface area contributed by atoms with Crippen molar-refractivity contribution in [3.63, 3.8) is 0 Å². The Kier molecular flexibility index (Phi) is 6.44. The summed E-state index contributed by atoms with van der Waals surface area (Å²) in [5.41, 5.74) is 5.21. The molecule has 0 aliphatic carbocycles. The highest BCUT2D eigenvalue weighted by Crippen LogP contribution is 1.83. The average Bonchev–Trinajstić information content (AvgIpc) is 1.96. The minimum atomic E-state index is -0.0914. The van der Waals surface area contributed by atoms with Crippen molar-refractivity contribution in [3.05, 3.63) is 0 Å². The maximum atomic E-state index is 11.0. The van der Waals surface area contributed by atoms with Crippen LogP contribution >= 0.6 is 12.2 Å². The molecule has 0 fully saturated rings. The zero-order chi connectivity index (χ0) is 10.3. The first-order chi connectivity index (χ1) is 6.02. The average molecular weight is 203 g/mol. The van der Waals surface area contributed by atoms with E-state index in [1.54, 1.807) is 0 Å². The minimum absolute atomic E-state index is 0.0914. The summed E-state index contributed by atoms with van der Waals surface area (Å²) in [6, 6.07) is 0. The highest BCUT2D eigenvalue weighted by molar-refractivity contribution is 7.80. The Morgan fingerprint density at radius 2 is 2.15 bits per heavy atom. The van der Waals surface area contributed by atoms with Gasteiger partial charge in [-0.25, -0.2) is 0 Å². The van der Waals surface area contributed by atoms with Crippen LogP contribution in [0.2, 0.25) is 0 Å². The standard InChI is InChI=1S/C8H17N3OS/c1-11(2)5-3-4-10-8(12)6-7(9)13/h3-6H2,1-2H3,(H2,9,13)(H,10,12). The quantitative estimate of drug-likeness (QED) is 0.461. The summed E-state index contributed by atoms with van der Waals surface area (Å²) >= 11 is 4.60. The molecule has 0 aromatic heterocycles. The Morgan fingerprint density at radius 1 is 1.54 bits per heavy atom. The van der Waals surface area contributed by atoms with E-state index in [1.165, 1.54) is 0 Å². The van der Waals surface area contributed by atoms with Gasteiger partial charge in [-0.05, 0) is 27.1 Å². The van der Waals surface area contributed by atoms with Crippen LogP contribution in [0, 0.1) is 0 Å². The summed E-state index contributed by atoms with van der Waals surface area (Å²) in [5.74, 6) is -0.0914. The smallest absolute Gasteiger partial charge is 0.226 e. The molecule has 0 aromatic carbocycles. The largest absolute Gasteiger partial charge is 0.393 e. The molecule has 0 radical (unpaired) electrons. The number of carbonyl (C=O) groups excluding carboxylic acids is 1. The van der Waals surface area contributed by atoms with Gasteiger partial charge >= 0.3 is 0 Å². The summed E-state index contributed by atoms with van der Waals surface area (Å²) in [4.78, 5) is 13.3. The van der Waals surface area contributed by atoms with Crippen LogP contribution in [0.3, 0.4) is 0 Å². The highest BCUT2D eigenvalue weighted by atomic mass is 32.1. The number of nitrogens with two attached hydrogens (primary N) is 1. The van der Waals surface area contributed by atoms with E-state index in [-0.39, 0.29) is 17.3 Å². The van der Waals surface area contributed by atoms with Gasteiger partial charge in [0.2, 0.25) is 5.91 Å². The van der Waals surface area contributed by atoms with Crippen molar-refractivity contribution in [1.29, 1.82) is 0 Å². The SMILES string of the molecule is CN(C)CCCNC(=O)CC(N)=S. The number of nitrogens with one attached hydrogen (secondary N) is 1. The van der Waals surface area contributed by atoms with Crippen LogP contribution in [0.1, 0.15) is 12.8 Å². The Labute approximate surface area is 84.5 Å². The number of amides is 1. The van der Waals surface area contributed by atoms with Crippen LogP contribution in [0.15, 0.2) is 0 Å². The van der Waals surface area contributed by atoms with Crippen LogP contribution in [0.4, 0.5) is 0 Å². The lowest BCUT2D eigenvalue weighted by Crippen LogP contribution is -2.30. The van der Waals surface area contributed by atoms with Crippen molar-refractivity contribution >= 4 is 23.1 Å². The molecule has 76 valence electrons. The van der Waals surface area contributed by atoms with Gasteiger partial charge in [-0.15, -0.1) is 0 Å². The predicted molar refractivity (Wildman–Crippen MR) is 57.6 cm³/mol. The Hall–Kier alpha value is -0.680. The van der Waals surface area contributed by atoms with E-state index >= 15 is 0 Å². The van der Waals surface area contributed by atoms with Gasteiger partial charge in [0.05, 0.1) is 11.4 Å². The van der Waals surface area contributed by atoms with Gasteiger partial charge in [0, 0.05) is 6.54 Å². The molecule has 1 amide bonds. The number of hydrogen-bond donors (Lipinski definition) is 2. The minimum Gasteiger partial charge on any atom is -0.393 e. The van der Waals surface area contributed by atoms with Crippen molar-refractivity contribution in [1.82, 2.24) is 10.2 Å². The molecule has 0 aliphatic rings. The second-order valence-corrected chi connectivity index (χ2v) is 3.67. The molecule has 0 saturated carbocycles. The summed E-state index contributed by atoms with van der Waals surface area (Å²) in [5, 5.41) is 2.74. The van der Waals surface area contributed by atoms with Crippen LogP contribution in [-0.4, -0.2) is 43.0 Å². The second-order valence-electron chi connectivity index (χ2n) is 3.15. The zero-order valence-electron chi connectivity index (χ0n) is 8.17. The van der Waals surface area contributed by atoms with Gasteiger partial charge in [0.1, 0.15) is 0 Å². The molecule has 13 heavy (non-hydrogen) atoms. The van der Waals surface area contributed by atoms with E-state index in [0.717, 1.165) is 13.0 Å². The van der Waals surface area contributed by atoms with Crippen molar-refractivity contribution in [2.75, 3.05) is 27.2 Å². The van der Waals surface area contributed by atoms with Crippen LogP contribution in [0.5, 0.6) is 0 Å². The molecule has 3 N–H and O–H groups in total. The van der Waals surface area contributed by atoms with E-state index in [9.17, 15) is 4.79 Å². The number of rotatable bonds is 6. The van der Waals surface area contributed by atoms with Crippen LogP contribution < -0.4 is 11.1 Å². The van der Waals surface area contributed by atoms with Crippen LogP contribution in [0.25, 0.3) is 0 Å². The summed E-state index contributed by atoms with van der Waals surface area (Å²) in [6.45, 7) is 1.65. The lowest BCUT2D eigenvalue weighted by atomic mass is 10.3. The van der Waals surface area contributed by atoms with Crippen molar-refractivity contribution in [2.24, 2.45) is 5.73 Å². The first kappa shape index (κ1) is 12.3. The molecular weight excluding hydrogens is 186 g/mol. The van der Waals surface area contributed by atoms with Crippen molar-refractivity contribution in [2.45, 2.75) is 12.8 Å². The molecule has 0 rings (SSSR count). The highest BCUT2D eigenvalue weighted by Gasteiger charge is 2.01. The molecule has 0 saturated heterocycles. The second kappa shape index (κ2) is 6.80. The third-order valence-corrected chi connectivity index (χ3v) is 1.58. The normalized spacial score (nSPS) is 10.1. The summed E-state index contributed by atoms with van der Waals surface area (Å²) < 4.78 is 0. The number of thiocarbonyl (C=S) groups is 1. The van der Waals surface area contributed by atoms with Crippen molar-refractivity contribution < 1.29 is 4.79 Å². The Morgan fingerprint density at radius 3 is 2.62 bits per heavy atom. The molecule has 0 bridgehead atoms. The Balaban J connectivity index is 3.32. The van der Waals surface area contributed by atoms with Gasteiger partial charge in [0.25, 0.3) is 0 Å². The molecule has 0 aliphatic heterocycles. The number of nitrogens with zero attached hydrogens (tertiary/aromatic N) is 1. The fraction of sp³-hybridized carbons (Fsp3) is 0.750. The maximum Gasteiger partial charge on any atom is 0.226 e. The fourth-order valence-electron chi connectivity index (χ4n) is 0.844. The fourth-order valence-corrected chi connectivity index (χ4v) is 0.975. The van der Waals surface area contributed by atoms with Gasteiger partial charge < -0.3 is 16.0 Å². The zero-order valence-corrected chi connectivity index (χ0v) is 8.99.